The van der Waals surface area contributed by atoms with E-state index in [1.54, 1.807) is 13.0 Å². The van der Waals surface area contributed by atoms with Gasteiger partial charge in [-0.1, -0.05) is 19.9 Å². The van der Waals surface area contributed by atoms with Crippen molar-refractivity contribution in [2.24, 2.45) is 5.92 Å². The summed E-state index contributed by atoms with van der Waals surface area (Å²) in [5.41, 5.74) is 1.49. The topological polar surface area (TPSA) is 66.8 Å². The molecule has 0 fully saturated rings. The van der Waals surface area contributed by atoms with Crippen molar-refractivity contribution in [2.45, 2.75) is 72.4 Å². The number of anilines is 1. The van der Waals surface area contributed by atoms with Crippen LogP contribution >= 0.6 is 0 Å². The number of aromatic carboxylic acids is 1. The Balaban J connectivity index is 2.80. The number of hydrogen-bond donors (Lipinski definition) is 1. The SMILES string of the molecule is CCC(CC(C)CC(=O)OC(C)(C)C)N(C)c1ccc(C)c(C(=O)O)c1. The first kappa shape index (κ1) is 22.0. The molecule has 1 rings (SSSR count). The Labute approximate surface area is 157 Å². The van der Waals surface area contributed by atoms with Crippen LogP contribution in [0.3, 0.4) is 0 Å². The van der Waals surface area contributed by atoms with E-state index in [0.717, 1.165) is 24.1 Å². The van der Waals surface area contributed by atoms with Gasteiger partial charge in [-0.25, -0.2) is 4.79 Å². The van der Waals surface area contributed by atoms with Crippen LogP contribution in [-0.4, -0.2) is 35.7 Å². The highest BCUT2D eigenvalue weighted by atomic mass is 16.6. The first-order valence-electron chi connectivity index (χ1n) is 9.23. The summed E-state index contributed by atoms with van der Waals surface area (Å²) in [6.45, 7) is 11.6. The van der Waals surface area contributed by atoms with Crippen LogP contribution in [0.5, 0.6) is 0 Å². The molecular formula is C21H33NO4. The summed E-state index contributed by atoms with van der Waals surface area (Å²) >= 11 is 0. The third-order valence-electron chi connectivity index (χ3n) is 4.49. The lowest BCUT2D eigenvalue weighted by Gasteiger charge is -2.32. The summed E-state index contributed by atoms with van der Waals surface area (Å²) in [5, 5.41) is 9.34. The molecule has 0 saturated carbocycles. The van der Waals surface area contributed by atoms with Crippen molar-refractivity contribution in [3.05, 3.63) is 29.3 Å². The molecule has 0 aromatic heterocycles. The Kier molecular flexibility index (Phi) is 7.67. The van der Waals surface area contributed by atoms with Gasteiger partial charge in [-0.2, -0.15) is 0 Å². The van der Waals surface area contributed by atoms with Gasteiger partial charge in [0.15, 0.2) is 0 Å². The number of benzene rings is 1. The van der Waals surface area contributed by atoms with Crippen molar-refractivity contribution in [2.75, 3.05) is 11.9 Å². The van der Waals surface area contributed by atoms with Gasteiger partial charge in [0.2, 0.25) is 0 Å². The van der Waals surface area contributed by atoms with Crippen LogP contribution in [0.4, 0.5) is 5.69 Å². The fourth-order valence-corrected chi connectivity index (χ4v) is 3.08. The number of ether oxygens (including phenoxy) is 1. The standard InChI is InChI=1S/C21H33NO4/c1-8-16(11-14(2)12-19(23)26-21(4,5)6)22(7)17-10-9-15(3)18(13-17)20(24)25/h9-10,13-14,16H,8,11-12H2,1-7H3,(H,24,25). The fraction of sp³-hybridized carbons (Fsp3) is 0.619. The van der Waals surface area contributed by atoms with Gasteiger partial charge in [0.25, 0.3) is 0 Å². The van der Waals surface area contributed by atoms with Crippen LogP contribution in [0.2, 0.25) is 0 Å². The molecule has 0 amide bonds. The lowest BCUT2D eigenvalue weighted by Crippen LogP contribution is -2.33. The molecule has 146 valence electrons. The van der Waals surface area contributed by atoms with Gasteiger partial charge in [-0.3, -0.25) is 4.79 Å². The molecule has 1 aromatic rings. The molecule has 0 aliphatic rings. The van der Waals surface area contributed by atoms with Gasteiger partial charge >= 0.3 is 11.9 Å². The number of carboxylic acids is 1. The van der Waals surface area contributed by atoms with E-state index in [4.69, 9.17) is 4.74 Å². The van der Waals surface area contributed by atoms with Crippen LogP contribution in [0, 0.1) is 12.8 Å². The number of carbonyl (C=O) groups excluding carboxylic acids is 1. The number of hydrogen-bond acceptors (Lipinski definition) is 4. The molecule has 26 heavy (non-hydrogen) atoms. The maximum absolute atomic E-state index is 12.0. The fourth-order valence-electron chi connectivity index (χ4n) is 3.08. The first-order chi connectivity index (χ1) is 11.9. The Morgan fingerprint density at radius 2 is 1.88 bits per heavy atom. The third-order valence-corrected chi connectivity index (χ3v) is 4.49. The second-order valence-electron chi connectivity index (χ2n) is 8.11. The zero-order valence-electron chi connectivity index (χ0n) is 17.1. The van der Waals surface area contributed by atoms with Crippen LogP contribution in [0.25, 0.3) is 0 Å². The zero-order valence-corrected chi connectivity index (χ0v) is 17.1. The Morgan fingerprint density at radius 3 is 2.38 bits per heavy atom. The first-order valence-corrected chi connectivity index (χ1v) is 9.23. The van der Waals surface area contributed by atoms with E-state index >= 15 is 0 Å². The van der Waals surface area contributed by atoms with Gasteiger partial charge in [0, 0.05) is 25.2 Å². The molecule has 1 aromatic carbocycles. The average Bonchev–Trinajstić information content (AvgIpc) is 2.50. The van der Waals surface area contributed by atoms with Crippen molar-refractivity contribution in [1.82, 2.24) is 0 Å². The predicted octanol–water partition coefficient (Wildman–Crippen LogP) is 4.67. The molecule has 5 heteroatoms. The number of carbonyl (C=O) groups is 2. The molecule has 0 bridgehead atoms. The van der Waals surface area contributed by atoms with E-state index in [2.05, 4.69) is 18.7 Å². The lowest BCUT2D eigenvalue weighted by molar-refractivity contribution is -0.155. The van der Waals surface area contributed by atoms with E-state index in [0.29, 0.717) is 12.0 Å². The second-order valence-corrected chi connectivity index (χ2v) is 8.11. The van der Waals surface area contributed by atoms with Crippen molar-refractivity contribution in [3.63, 3.8) is 0 Å². The van der Waals surface area contributed by atoms with Crippen molar-refractivity contribution < 1.29 is 19.4 Å². The van der Waals surface area contributed by atoms with Gasteiger partial charge in [-0.15, -0.1) is 0 Å². The van der Waals surface area contributed by atoms with E-state index in [-0.39, 0.29) is 17.9 Å². The van der Waals surface area contributed by atoms with Crippen LogP contribution < -0.4 is 4.90 Å². The average molecular weight is 363 g/mol. The highest BCUT2D eigenvalue weighted by Gasteiger charge is 2.22. The molecule has 0 saturated heterocycles. The molecule has 2 atom stereocenters. The molecule has 0 radical (unpaired) electrons. The summed E-state index contributed by atoms with van der Waals surface area (Å²) in [7, 11) is 1.98. The smallest absolute Gasteiger partial charge is 0.336 e. The van der Waals surface area contributed by atoms with E-state index in [1.807, 2.05) is 40.0 Å². The second kappa shape index (κ2) is 9.06. The zero-order chi connectivity index (χ0) is 20.1. The number of rotatable bonds is 8. The normalized spacial score (nSPS) is 13.8. The van der Waals surface area contributed by atoms with Gasteiger partial charge in [0.05, 0.1) is 5.56 Å². The molecule has 2 unspecified atom stereocenters. The van der Waals surface area contributed by atoms with E-state index in [9.17, 15) is 14.7 Å². The Hall–Kier alpha value is -2.04. The number of nitrogens with zero attached hydrogens (tertiary/aromatic N) is 1. The summed E-state index contributed by atoms with van der Waals surface area (Å²) in [6.07, 6.45) is 2.13. The molecule has 0 aliphatic heterocycles. The molecular weight excluding hydrogens is 330 g/mol. The largest absolute Gasteiger partial charge is 0.478 e. The third kappa shape index (κ3) is 6.70. The summed E-state index contributed by atoms with van der Waals surface area (Å²) < 4.78 is 5.41. The van der Waals surface area contributed by atoms with Crippen molar-refractivity contribution >= 4 is 17.6 Å². The van der Waals surface area contributed by atoms with Crippen LogP contribution in [0.1, 0.15) is 69.8 Å². The molecule has 1 N–H and O–H groups in total. The van der Waals surface area contributed by atoms with Gasteiger partial charge < -0.3 is 14.7 Å². The Morgan fingerprint density at radius 1 is 1.27 bits per heavy atom. The summed E-state index contributed by atoms with van der Waals surface area (Å²) in [4.78, 5) is 25.5. The van der Waals surface area contributed by atoms with Crippen molar-refractivity contribution in [1.29, 1.82) is 0 Å². The van der Waals surface area contributed by atoms with Crippen LogP contribution in [0.15, 0.2) is 18.2 Å². The minimum Gasteiger partial charge on any atom is -0.478 e. The minimum absolute atomic E-state index is 0.175. The maximum atomic E-state index is 12.0. The number of aryl methyl sites for hydroxylation is 1. The summed E-state index contributed by atoms with van der Waals surface area (Å²) in [6, 6.07) is 5.73. The maximum Gasteiger partial charge on any atom is 0.336 e. The molecule has 0 spiro atoms. The highest BCUT2D eigenvalue weighted by Crippen LogP contribution is 2.25. The quantitative estimate of drug-likeness (QED) is 0.680. The minimum atomic E-state index is -0.913. The summed E-state index contributed by atoms with van der Waals surface area (Å²) in [5.74, 6) is -0.906. The lowest BCUT2D eigenvalue weighted by atomic mass is 9.95. The highest BCUT2D eigenvalue weighted by molar-refractivity contribution is 5.90. The molecule has 0 aliphatic carbocycles. The monoisotopic (exact) mass is 363 g/mol. The number of esters is 1. The molecule has 5 nitrogen and oxygen atoms in total. The number of carboxylic acid groups (broad SMARTS) is 1. The molecule has 0 heterocycles. The van der Waals surface area contributed by atoms with E-state index < -0.39 is 11.6 Å². The Bertz CT molecular complexity index is 633. The van der Waals surface area contributed by atoms with Gasteiger partial charge in [0.1, 0.15) is 5.60 Å². The van der Waals surface area contributed by atoms with E-state index in [1.165, 1.54) is 0 Å². The van der Waals surface area contributed by atoms with Gasteiger partial charge in [-0.05, 0) is 64.2 Å². The van der Waals surface area contributed by atoms with Crippen molar-refractivity contribution in [3.8, 4) is 0 Å². The van der Waals surface area contributed by atoms with Crippen LogP contribution in [-0.2, 0) is 9.53 Å². The predicted molar refractivity (Wildman–Crippen MR) is 105 cm³/mol.